The highest BCUT2D eigenvalue weighted by Gasteiger charge is 2.39. The second kappa shape index (κ2) is 3.06. The van der Waals surface area contributed by atoms with Crippen LogP contribution in [0.15, 0.2) is 9.13 Å². The molecule has 0 spiro atoms. The molecule has 0 aliphatic rings. The second-order valence-corrected chi connectivity index (χ2v) is 2.69. The topological polar surface area (TPSA) is 46.3 Å². The van der Waals surface area contributed by atoms with E-state index in [9.17, 15) is 13.2 Å². The van der Waals surface area contributed by atoms with Gasteiger partial charge >= 0.3 is 6.18 Å². The molecule has 1 aromatic rings. The molecule has 0 saturated carbocycles. The molecule has 1 N–H and O–H groups in total. The number of hydrogen-bond donors (Lipinski definition) is 1. The van der Waals surface area contributed by atoms with Gasteiger partial charge in [-0.25, -0.2) is 0 Å². The van der Waals surface area contributed by atoms with E-state index in [4.69, 9.17) is 5.11 Å². The summed E-state index contributed by atoms with van der Waals surface area (Å²) in [6, 6.07) is 0. The molecule has 0 bridgehead atoms. The third kappa shape index (κ3) is 1.61. The van der Waals surface area contributed by atoms with Crippen LogP contribution in [-0.2, 0) is 12.8 Å². The van der Waals surface area contributed by atoms with Crippen molar-refractivity contribution in [3.63, 3.8) is 0 Å². The van der Waals surface area contributed by atoms with Crippen LogP contribution in [0.25, 0.3) is 0 Å². The number of alkyl halides is 3. The Labute approximate surface area is 73.3 Å². The summed E-state index contributed by atoms with van der Waals surface area (Å²) in [6.45, 7) is -0.765. The van der Waals surface area contributed by atoms with E-state index in [1.165, 1.54) is 0 Å². The summed E-state index contributed by atoms with van der Waals surface area (Å²) in [5, 5.41) is 11.5. The molecule has 0 aliphatic carbocycles. The molecule has 3 nitrogen and oxygen atoms in total. The summed E-state index contributed by atoms with van der Waals surface area (Å²) in [5.41, 5.74) is -0.387. The van der Waals surface area contributed by atoms with Crippen molar-refractivity contribution in [2.45, 2.75) is 12.8 Å². The molecular formula is C5H3BrF3NO2. The first-order chi connectivity index (χ1) is 5.46. The second-order valence-electron chi connectivity index (χ2n) is 1.94. The lowest BCUT2D eigenvalue weighted by atomic mass is 10.3. The molecule has 68 valence electrons. The average molecular weight is 246 g/mol. The summed E-state index contributed by atoms with van der Waals surface area (Å²) < 4.78 is 39.8. The minimum absolute atomic E-state index is 0.127. The van der Waals surface area contributed by atoms with Crippen LogP contribution in [-0.4, -0.2) is 10.3 Å². The number of aliphatic hydroxyl groups is 1. The Balaban J connectivity index is 3.16. The number of rotatable bonds is 1. The van der Waals surface area contributed by atoms with Gasteiger partial charge in [-0.3, -0.25) is 0 Å². The van der Waals surface area contributed by atoms with E-state index in [2.05, 4.69) is 25.6 Å². The zero-order chi connectivity index (χ0) is 9.35. The van der Waals surface area contributed by atoms with E-state index in [1.807, 2.05) is 0 Å². The quantitative estimate of drug-likeness (QED) is 0.823. The van der Waals surface area contributed by atoms with Gasteiger partial charge in [-0.05, 0) is 15.9 Å². The Morgan fingerprint density at radius 2 is 2.08 bits per heavy atom. The number of nitrogens with zero attached hydrogens (tertiary/aromatic N) is 1. The predicted molar refractivity (Wildman–Crippen MR) is 35.1 cm³/mol. The SMILES string of the molecule is OCc1c(Br)noc1C(F)(F)F. The van der Waals surface area contributed by atoms with Crippen LogP contribution in [0.1, 0.15) is 11.3 Å². The number of hydrogen-bond acceptors (Lipinski definition) is 3. The maximum Gasteiger partial charge on any atom is 0.452 e. The molecule has 0 fully saturated rings. The lowest BCUT2D eigenvalue weighted by Gasteiger charge is -2.01. The van der Waals surface area contributed by atoms with Crippen LogP contribution in [0.5, 0.6) is 0 Å². The highest BCUT2D eigenvalue weighted by atomic mass is 79.9. The van der Waals surface area contributed by atoms with Crippen LogP contribution >= 0.6 is 15.9 Å². The normalized spacial score (nSPS) is 12.1. The fourth-order valence-corrected chi connectivity index (χ4v) is 1.03. The molecule has 0 atom stereocenters. The zero-order valence-electron chi connectivity index (χ0n) is 5.52. The standard InChI is InChI=1S/C5H3BrF3NO2/c6-4-2(1-11)3(12-10-4)5(7,8)9/h11H,1H2. The fourth-order valence-electron chi connectivity index (χ4n) is 0.649. The molecule has 1 aromatic heterocycles. The molecule has 0 saturated heterocycles. The summed E-state index contributed by atoms with van der Waals surface area (Å²) in [6.07, 6.45) is -4.61. The van der Waals surface area contributed by atoms with Crippen LogP contribution in [0, 0.1) is 0 Å². The molecule has 0 aromatic carbocycles. The molecule has 7 heteroatoms. The minimum atomic E-state index is -4.61. The van der Waals surface area contributed by atoms with E-state index in [0.717, 1.165) is 0 Å². The minimum Gasteiger partial charge on any atom is -0.391 e. The maximum atomic E-state index is 12.0. The van der Waals surface area contributed by atoms with E-state index >= 15 is 0 Å². The highest BCUT2D eigenvalue weighted by Crippen LogP contribution is 2.34. The number of aliphatic hydroxyl groups excluding tert-OH is 1. The summed E-state index contributed by atoms with van der Waals surface area (Å²) in [4.78, 5) is 0. The van der Waals surface area contributed by atoms with Crippen molar-refractivity contribution in [1.82, 2.24) is 5.16 Å². The summed E-state index contributed by atoms with van der Waals surface area (Å²) in [7, 11) is 0. The third-order valence-corrected chi connectivity index (χ3v) is 1.78. The smallest absolute Gasteiger partial charge is 0.391 e. The lowest BCUT2D eigenvalue weighted by molar-refractivity contribution is -0.156. The van der Waals surface area contributed by atoms with Crippen molar-refractivity contribution in [3.8, 4) is 0 Å². The Bertz CT molecular complexity index is 283. The van der Waals surface area contributed by atoms with Crippen LogP contribution in [0.2, 0.25) is 0 Å². The van der Waals surface area contributed by atoms with Gasteiger partial charge in [-0.1, -0.05) is 5.16 Å². The van der Waals surface area contributed by atoms with E-state index in [1.54, 1.807) is 0 Å². The van der Waals surface area contributed by atoms with Gasteiger partial charge in [0.15, 0.2) is 4.60 Å². The molecule has 0 unspecified atom stereocenters. The molecule has 0 radical (unpaired) electrons. The van der Waals surface area contributed by atoms with Crippen molar-refractivity contribution in [2.75, 3.05) is 0 Å². The maximum absolute atomic E-state index is 12.0. The van der Waals surface area contributed by atoms with Gasteiger partial charge in [0, 0.05) is 0 Å². The highest BCUT2D eigenvalue weighted by molar-refractivity contribution is 9.10. The molecule has 1 heterocycles. The number of halogens is 4. The first-order valence-corrected chi connectivity index (χ1v) is 3.58. The van der Waals surface area contributed by atoms with Gasteiger partial charge in [-0.15, -0.1) is 0 Å². The Morgan fingerprint density at radius 1 is 1.50 bits per heavy atom. The Morgan fingerprint density at radius 3 is 2.42 bits per heavy atom. The van der Waals surface area contributed by atoms with E-state index < -0.39 is 18.5 Å². The molecule has 0 aliphatic heterocycles. The van der Waals surface area contributed by atoms with Crippen molar-refractivity contribution in [2.24, 2.45) is 0 Å². The Kier molecular flexibility index (Phi) is 2.43. The van der Waals surface area contributed by atoms with E-state index in [-0.39, 0.29) is 10.2 Å². The molecule has 0 amide bonds. The molecular weight excluding hydrogens is 243 g/mol. The van der Waals surface area contributed by atoms with E-state index in [0.29, 0.717) is 0 Å². The summed E-state index contributed by atoms with van der Waals surface area (Å²) >= 11 is 2.70. The largest absolute Gasteiger partial charge is 0.452 e. The van der Waals surface area contributed by atoms with Crippen molar-refractivity contribution in [1.29, 1.82) is 0 Å². The van der Waals surface area contributed by atoms with Gasteiger partial charge in [0.1, 0.15) is 0 Å². The Hall–Kier alpha value is -0.560. The first kappa shape index (κ1) is 9.53. The lowest BCUT2D eigenvalue weighted by Crippen LogP contribution is -2.06. The van der Waals surface area contributed by atoms with Gasteiger partial charge in [0.2, 0.25) is 5.76 Å². The molecule has 1 rings (SSSR count). The van der Waals surface area contributed by atoms with Crippen LogP contribution < -0.4 is 0 Å². The van der Waals surface area contributed by atoms with Crippen molar-refractivity contribution in [3.05, 3.63) is 15.9 Å². The number of aromatic nitrogens is 1. The van der Waals surface area contributed by atoms with Gasteiger partial charge in [-0.2, -0.15) is 13.2 Å². The third-order valence-electron chi connectivity index (χ3n) is 1.16. The van der Waals surface area contributed by atoms with Gasteiger partial charge in [0.25, 0.3) is 0 Å². The average Bonchev–Trinajstić information content (AvgIpc) is 2.29. The van der Waals surface area contributed by atoms with Crippen LogP contribution in [0.4, 0.5) is 13.2 Å². The molecule has 12 heavy (non-hydrogen) atoms. The van der Waals surface area contributed by atoms with Crippen molar-refractivity contribution < 1.29 is 22.8 Å². The monoisotopic (exact) mass is 245 g/mol. The predicted octanol–water partition coefficient (Wildman–Crippen LogP) is 1.95. The van der Waals surface area contributed by atoms with Gasteiger partial charge in [0.05, 0.1) is 12.2 Å². The van der Waals surface area contributed by atoms with Crippen LogP contribution in [0.3, 0.4) is 0 Å². The van der Waals surface area contributed by atoms with Crippen molar-refractivity contribution >= 4 is 15.9 Å². The summed E-state index contributed by atoms with van der Waals surface area (Å²) in [5.74, 6) is -1.27. The fraction of sp³-hybridized carbons (Fsp3) is 0.400. The first-order valence-electron chi connectivity index (χ1n) is 2.79. The van der Waals surface area contributed by atoms with Gasteiger partial charge < -0.3 is 9.63 Å². The zero-order valence-corrected chi connectivity index (χ0v) is 7.11.